The molecule has 1 aromatic rings. The summed E-state index contributed by atoms with van der Waals surface area (Å²) in [5, 5.41) is 22.3. The largest absolute Gasteiger partial charge is 0.547 e. The van der Waals surface area contributed by atoms with Gasteiger partial charge in [-0.25, -0.2) is 4.79 Å². The van der Waals surface area contributed by atoms with Crippen LogP contribution in [0.4, 0.5) is 0 Å². The second kappa shape index (κ2) is 9.17. The van der Waals surface area contributed by atoms with Gasteiger partial charge in [-0.05, 0) is 56.1 Å². The zero-order chi connectivity index (χ0) is 21.0. The van der Waals surface area contributed by atoms with Crippen molar-refractivity contribution in [1.82, 2.24) is 5.32 Å². The van der Waals surface area contributed by atoms with Crippen LogP contribution in [0, 0.1) is 5.92 Å². The second-order valence-corrected chi connectivity index (χ2v) is 7.75. The van der Waals surface area contributed by atoms with Crippen molar-refractivity contribution in [2.24, 2.45) is 22.4 Å². The van der Waals surface area contributed by atoms with Gasteiger partial charge in [0.25, 0.3) is 0 Å². The van der Waals surface area contributed by atoms with Crippen LogP contribution >= 0.6 is 0 Å². The number of nitrogens with one attached hydrogen (secondary N) is 1. The Morgan fingerprint density at radius 2 is 1.97 bits per heavy atom. The summed E-state index contributed by atoms with van der Waals surface area (Å²) in [4.78, 5) is 27.9. The van der Waals surface area contributed by atoms with E-state index in [9.17, 15) is 19.7 Å². The first kappa shape index (κ1) is 21.0. The number of hydrogen-bond donors (Lipinski definition) is 5. The number of amides is 1. The number of aliphatic imine (C=N–C) groups is 1. The van der Waals surface area contributed by atoms with Gasteiger partial charge in [0.15, 0.2) is 5.96 Å². The van der Waals surface area contributed by atoms with E-state index in [1.165, 1.54) is 6.07 Å². The van der Waals surface area contributed by atoms with Gasteiger partial charge in [0, 0.05) is 6.42 Å². The predicted octanol–water partition coefficient (Wildman–Crippen LogP) is 0.437. The highest BCUT2D eigenvalue weighted by Crippen LogP contribution is 2.31. The summed E-state index contributed by atoms with van der Waals surface area (Å²) in [6.07, 6.45) is 5.24. The lowest BCUT2D eigenvalue weighted by Gasteiger charge is -2.29. The number of aromatic carboxylic acids is 1. The lowest BCUT2D eigenvalue weighted by molar-refractivity contribution is -0.121. The minimum absolute atomic E-state index is 0.00246. The molecular weight excluding hydrogens is 375 g/mol. The molecule has 1 aliphatic heterocycles. The smallest absolute Gasteiger partial charge is 0.534 e. The van der Waals surface area contributed by atoms with Gasteiger partial charge in [-0.2, -0.15) is 0 Å². The zero-order valence-corrected chi connectivity index (χ0v) is 16.2. The van der Waals surface area contributed by atoms with Crippen molar-refractivity contribution in [3.63, 3.8) is 0 Å². The van der Waals surface area contributed by atoms with Crippen LogP contribution in [0.25, 0.3) is 0 Å². The van der Waals surface area contributed by atoms with E-state index in [0.29, 0.717) is 24.3 Å². The summed E-state index contributed by atoms with van der Waals surface area (Å²) in [6.45, 7) is 0. The van der Waals surface area contributed by atoms with Crippen LogP contribution in [-0.4, -0.2) is 47.1 Å². The van der Waals surface area contributed by atoms with Gasteiger partial charge in [0.2, 0.25) is 5.91 Å². The number of nitrogens with two attached hydrogens (primary N) is 2. The molecule has 0 radical (unpaired) electrons. The summed E-state index contributed by atoms with van der Waals surface area (Å²) in [7, 11) is -1.29. The molecule has 0 saturated heterocycles. The number of carbonyl (C=O) groups is 2. The first-order valence-corrected chi connectivity index (χ1v) is 9.91. The van der Waals surface area contributed by atoms with Gasteiger partial charge in [-0.1, -0.05) is 12.1 Å². The maximum Gasteiger partial charge on any atom is 0.547 e. The SMILES string of the molecule is NC(N)=NC1CCC(CCC(=O)N[C@H]2Cc3cccc(C(=O)O)c3OB2O)CC1. The van der Waals surface area contributed by atoms with Crippen molar-refractivity contribution in [2.45, 2.75) is 56.9 Å². The molecule has 1 heterocycles. The highest BCUT2D eigenvalue weighted by molar-refractivity contribution is 6.47. The fraction of sp³-hybridized carbons (Fsp3) is 0.526. The van der Waals surface area contributed by atoms with E-state index in [2.05, 4.69) is 10.3 Å². The first-order valence-electron chi connectivity index (χ1n) is 9.91. The normalized spacial score (nSPS) is 23.5. The number of para-hydroxylation sites is 1. The molecule has 0 unspecified atom stereocenters. The molecule has 10 heteroatoms. The molecule has 3 rings (SSSR count). The minimum atomic E-state index is -1.29. The summed E-state index contributed by atoms with van der Waals surface area (Å²) >= 11 is 0. The predicted molar refractivity (Wildman–Crippen MR) is 108 cm³/mol. The highest BCUT2D eigenvalue weighted by atomic mass is 16.5. The Morgan fingerprint density at radius 1 is 1.24 bits per heavy atom. The van der Waals surface area contributed by atoms with Gasteiger partial charge in [0.1, 0.15) is 5.75 Å². The monoisotopic (exact) mass is 402 g/mol. The molecule has 0 spiro atoms. The Labute approximate surface area is 169 Å². The average Bonchev–Trinajstić information content (AvgIpc) is 2.67. The average molecular weight is 402 g/mol. The topological polar surface area (TPSA) is 160 Å². The van der Waals surface area contributed by atoms with E-state index in [1.807, 2.05) is 0 Å². The molecule has 2 aliphatic rings. The fourth-order valence-corrected chi connectivity index (χ4v) is 4.10. The van der Waals surface area contributed by atoms with Gasteiger partial charge < -0.3 is 31.6 Å². The number of carboxylic acids is 1. The van der Waals surface area contributed by atoms with E-state index in [0.717, 1.165) is 32.1 Å². The molecule has 0 bridgehead atoms. The maximum atomic E-state index is 12.4. The summed E-state index contributed by atoms with van der Waals surface area (Å²) in [5.74, 6) is -1.14. The molecule has 156 valence electrons. The highest BCUT2D eigenvalue weighted by Gasteiger charge is 2.37. The summed E-state index contributed by atoms with van der Waals surface area (Å²) in [5.41, 5.74) is 11.5. The standard InChI is InChI=1S/C19H27BN4O5/c21-19(22)23-13-7-4-11(5-8-13)6-9-16(25)24-15-10-12-2-1-3-14(18(26)27)17(12)29-20(15)28/h1-3,11,13,15,28H,4-10H2,(H,24,25)(H,26,27)(H4,21,22,23)/t11?,13?,15-/m0/s1. The van der Waals surface area contributed by atoms with Gasteiger partial charge in [-0.15, -0.1) is 0 Å². The lowest BCUT2D eigenvalue weighted by Crippen LogP contribution is -2.53. The van der Waals surface area contributed by atoms with Crippen molar-refractivity contribution in [3.8, 4) is 5.75 Å². The van der Waals surface area contributed by atoms with E-state index in [1.54, 1.807) is 12.1 Å². The minimum Gasteiger partial charge on any atom is -0.534 e. The fourth-order valence-electron chi connectivity index (χ4n) is 4.10. The number of benzene rings is 1. The van der Waals surface area contributed by atoms with Crippen molar-refractivity contribution >= 4 is 25.0 Å². The van der Waals surface area contributed by atoms with Crippen molar-refractivity contribution in [3.05, 3.63) is 29.3 Å². The number of nitrogens with zero attached hydrogens (tertiary/aromatic N) is 1. The molecule has 0 aromatic heterocycles. The van der Waals surface area contributed by atoms with Crippen LogP contribution in [0.2, 0.25) is 0 Å². The number of guanidine groups is 1. The third kappa shape index (κ3) is 5.41. The molecule has 1 aliphatic carbocycles. The number of carbonyl (C=O) groups excluding carboxylic acids is 1. The molecule has 1 amide bonds. The number of rotatable bonds is 6. The Kier molecular flexibility index (Phi) is 6.63. The van der Waals surface area contributed by atoms with Crippen LogP contribution in [0.1, 0.15) is 54.4 Å². The molecule has 9 nitrogen and oxygen atoms in total. The first-order chi connectivity index (χ1) is 13.8. The molecular formula is C19H27BN4O5. The number of fused-ring (bicyclic) bond motifs is 1. The van der Waals surface area contributed by atoms with Crippen LogP contribution in [0.5, 0.6) is 5.75 Å². The van der Waals surface area contributed by atoms with Crippen LogP contribution in [0.15, 0.2) is 23.2 Å². The Bertz CT molecular complexity index is 791. The second-order valence-electron chi connectivity index (χ2n) is 7.75. The van der Waals surface area contributed by atoms with E-state index >= 15 is 0 Å². The summed E-state index contributed by atoms with van der Waals surface area (Å²) in [6, 6.07) is 4.97. The van der Waals surface area contributed by atoms with E-state index in [4.69, 9.17) is 16.1 Å². The van der Waals surface area contributed by atoms with Gasteiger partial charge in [-0.3, -0.25) is 9.79 Å². The van der Waals surface area contributed by atoms with Gasteiger partial charge >= 0.3 is 13.1 Å². The van der Waals surface area contributed by atoms with Gasteiger partial charge in [0.05, 0.1) is 17.5 Å². The molecule has 7 N–H and O–H groups in total. The molecule has 1 fully saturated rings. The Balaban J connectivity index is 1.48. The van der Waals surface area contributed by atoms with E-state index < -0.39 is 19.0 Å². The zero-order valence-electron chi connectivity index (χ0n) is 16.2. The third-order valence-electron chi connectivity index (χ3n) is 5.62. The molecule has 1 aromatic carbocycles. The third-order valence-corrected chi connectivity index (χ3v) is 5.62. The van der Waals surface area contributed by atoms with Crippen LogP contribution in [-0.2, 0) is 11.2 Å². The summed E-state index contributed by atoms with van der Waals surface area (Å²) < 4.78 is 5.40. The van der Waals surface area contributed by atoms with Crippen molar-refractivity contribution in [1.29, 1.82) is 0 Å². The molecule has 1 atom stereocenters. The number of hydrogen-bond acceptors (Lipinski definition) is 5. The van der Waals surface area contributed by atoms with E-state index in [-0.39, 0.29) is 29.2 Å². The molecule has 29 heavy (non-hydrogen) atoms. The molecule has 1 saturated carbocycles. The van der Waals surface area contributed by atoms with Crippen molar-refractivity contribution in [2.75, 3.05) is 0 Å². The lowest BCUT2D eigenvalue weighted by atomic mass is 9.72. The quantitative estimate of drug-likeness (QED) is 0.262. The van der Waals surface area contributed by atoms with Crippen LogP contribution in [0.3, 0.4) is 0 Å². The van der Waals surface area contributed by atoms with Crippen LogP contribution < -0.4 is 21.4 Å². The maximum absolute atomic E-state index is 12.4. The number of carboxylic acid groups (broad SMARTS) is 1. The Morgan fingerprint density at radius 3 is 2.62 bits per heavy atom. The van der Waals surface area contributed by atoms with Crippen molar-refractivity contribution < 1.29 is 24.4 Å². The Hall–Kier alpha value is -2.75.